The molecular weight excluding hydrogens is 228 g/mol. The minimum absolute atomic E-state index is 0.0665. The SMILES string of the molecule is CCN(CC(C)(C)O)C(=O)c1ccc(CN)cc1. The third-order valence-corrected chi connectivity index (χ3v) is 2.68. The van der Waals surface area contributed by atoms with E-state index in [4.69, 9.17) is 5.73 Å². The summed E-state index contributed by atoms with van der Waals surface area (Å²) in [6, 6.07) is 7.26. The summed E-state index contributed by atoms with van der Waals surface area (Å²) >= 11 is 0. The van der Waals surface area contributed by atoms with Gasteiger partial charge in [-0.1, -0.05) is 12.1 Å². The molecule has 0 aliphatic heterocycles. The zero-order chi connectivity index (χ0) is 13.8. The first kappa shape index (κ1) is 14.7. The largest absolute Gasteiger partial charge is 0.389 e. The highest BCUT2D eigenvalue weighted by Crippen LogP contribution is 2.11. The Morgan fingerprint density at radius 3 is 2.28 bits per heavy atom. The van der Waals surface area contributed by atoms with Crippen LogP contribution in [-0.4, -0.2) is 34.6 Å². The highest BCUT2D eigenvalue weighted by Gasteiger charge is 2.22. The molecule has 0 fully saturated rings. The number of aliphatic hydroxyl groups is 1. The Hall–Kier alpha value is -1.39. The molecule has 0 aliphatic rings. The van der Waals surface area contributed by atoms with Crippen LogP contribution in [0.1, 0.15) is 36.7 Å². The van der Waals surface area contributed by atoms with Crippen LogP contribution in [0, 0.1) is 0 Å². The number of nitrogens with two attached hydrogens (primary N) is 1. The number of likely N-dealkylation sites (N-methyl/N-ethyl adjacent to an activating group) is 1. The second-order valence-electron chi connectivity index (χ2n) is 5.03. The van der Waals surface area contributed by atoms with Crippen molar-refractivity contribution in [3.05, 3.63) is 35.4 Å². The molecule has 0 heterocycles. The first-order valence-corrected chi connectivity index (χ1v) is 6.18. The summed E-state index contributed by atoms with van der Waals surface area (Å²) in [5, 5.41) is 9.79. The smallest absolute Gasteiger partial charge is 0.253 e. The number of benzene rings is 1. The molecule has 0 bridgehead atoms. The van der Waals surface area contributed by atoms with Crippen molar-refractivity contribution < 1.29 is 9.90 Å². The molecule has 4 heteroatoms. The highest BCUT2D eigenvalue weighted by atomic mass is 16.3. The molecule has 0 aliphatic carbocycles. The van der Waals surface area contributed by atoms with Crippen LogP contribution < -0.4 is 5.73 Å². The Morgan fingerprint density at radius 1 is 1.33 bits per heavy atom. The molecule has 1 rings (SSSR count). The van der Waals surface area contributed by atoms with Crippen LogP contribution in [0.2, 0.25) is 0 Å². The zero-order valence-corrected chi connectivity index (χ0v) is 11.3. The highest BCUT2D eigenvalue weighted by molar-refractivity contribution is 5.94. The topological polar surface area (TPSA) is 66.6 Å². The first-order chi connectivity index (χ1) is 8.37. The molecule has 0 saturated heterocycles. The Morgan fingerprint density at radius 2 is 1.89 bits per heavy atom. The van der Waals surface area contributed by atoms with Gasteiger partial charge in [0.25, 0.3) is 5.91 Å². The molecule has 18 heavy (non-hydrogen) atoms. The van der Waals surface area contributed by atoms with Gasteiger partial charge in [0.1, 0.15) is 0 Å². The van der Waals surface area contributed by atoms with Gasteiger partial charge in [-0.25, -0.2) is 0 Å². The van der Waals surface area contributed by atoms with Crippen LogP contribution in [0.3, 0.4) is 0 Å². The summed E-state index contributed by atoms with van der Waals surface area (Å²) in [5.41, 5.74) is 6.25. The van der Waals surface area contributed by atoms with Crippen molar-refractivity contribution in [1.82, 2.24) is 4.90 Å². The summed E-state index contributed by atoms with van der Waals surface area (Å²) in [6.45, 7) is 6.65. The zero-order valence-electron chi connectivity index (χ0n) is 11.3. The lowest BCUT2D eigenvalue weighted by molar-refractivity contribution is 0.0314. The molecular formula is C14H22N2O2. The molecule has 3 N–H and O–H groups in total. The van der Waals surface area contributed by atoms with E-state index in [0.717, 1.165) is 5.56 Å². The van der Waals surface area contributed by atoms with Gasteiger partial charge in [-0.2, -0.15) is 0 Å². The monoisotopic (exact) mass is 250 g/mol. The van der Waals surface area contributed by atoms with E-state index in [1.807, 2.05) is 19.1 Å². The van der Waals surface area contributed by atoms with Gasteiger partial charge in [-0.05, 0) is 38.5 Å². The average molecular weight is 250 g/mol. The summed E-state index contributed by atoms with van der Waals surface area (Å²) < 4.78 is 0. The summed E-state index contributed by atoms with van der Waals surface area (Å²) in [6.07, 6.45) is 0. The van der Waals surface area contributed by atoms with Crippen LogP contribution in [0.15, 0.2) is 24.3 Å². The van der Waals surface area contributed by atoms with Crippen LogP contribution in [0.25, 0.3) is 0 Å². The van der Waals surface area contributed by atoms with Gasteiger partial charge in [0.2, 0.25) is 0 Å². The van der Waals surface area contributed by atoms with Crippen molar-refractivity contribution in [2.24, 2.45) is 5.73 Å². The molecule has 1 amide bonds. The van der Waals surface area contributed by atoms with Crippen molar-refractivity contribution in [3.63, 3.8) is 0 Å². The van der Waals surface area contributed by atoms with Gasteiger partial charge < -0.3 is 15.7 Å². The maximum absolute atomic E-state index is 12.2. The summed E-state index contributed by atoms with van der Waals surface area (Å²) in [4.78, 5) is 13.9. The normalized spacial score (nSPS) is 11.4. The Kier molecular flexibility index (Phi) is 4.87. The molecule has 1 aromatic carbocycles. The fourth-order valence-corrected chi connectivity index (χ4v) is 1.76. The molecule has 0 radical (unpaired) electrons. The van der Waals surface area contributed by atoms with Crippen molar-refractivity contribution in [1.29, 1.82) is 0 Å². The van der Waals surface area contributed by atoms with Gasteiger partial charge in [-0.15, -0.1) is 0 Å². The standard InChI is InChI=1S/C14H22N2O2/c1-4-16(10-14(2,3)18)13(17)12-7-5-11(9-15)6-8-12/h5-8,18H,4,9-10,15H2,1-3H3. The van der Waals surface area contributed by atoms with Gasteiger partial charge in [0.15, 0.2) is 0 Å². The molecule has 100 valence electrons. The number of rotatable bonds is 5. The molecule has 1 aromatic rings. The van der Waals surface area contributed by atoms with Gasteiger partial charge in [0, 0.05) is 25.2 Å². The van der Waals surface area contributed by atoms with E-state index in [1.54, 1.807) is 30.9 Å². The van der Waals surface area contributed by atoms with E-state index in [1.165, 1.54) is 0 Å². The van der Waals surface area contributed by atoms with Gasteiger partial charge in [0.05, 0.1) is 5.60 Å². The predicted octanol–water partition coefficient (Wildman–Crippen LogP) is 1.38. The lowest BCUT2D eigenvalue weighted by Gasteiger charge is -2.28. The number of carbonyl (C=O) groups is 1. The number of nitrogens with zero attached hydrogens (tertiary/aromatic N) is 1. The molecule has 4 nitrogen and oxygen atoms in total. The van der Waals surface area contributed by atoms with Crippen LogP contribution in [0.4, 0.5) is 0 Å². The van der Waals surface area contributed by atoms with Gasteiger partial charge in [-0.3, -0.25) is 4.79 Å². The Balaban J connectivity index is 2.82. The number of amides is 1. The minimum atomic E-state index is -0.886. The third kappa shape index (κ3) is 4.13. The second-order valence-corrected chi connectivity index (χ2v) is 5.03. The molecule has 0 aromatic heterocycles. The number of carbonyl (C=O) groups excluding carboxylic acids is 1. The van der Waals surface area contributed by atoms with Gasteiger partial charge >= 0.3 is 0 Å². The van der Waals surface area contributed by atoms with Crippen LogP contribution in [-0.2, 0) is 6.54 Å². The van der Waals surface area contributed by atoms with E-state index >= 15 is 0 Å². The molecule has 0 atom stereocenters. The van der Waals surface area contributed by atoms with Crippen molar-refractivity contribution in [3.8, 4) is 0 Å². The maximum atomic E-state index is 12.2. The lowest BCUT2D eigenvalue weighted by atomic mass is 10.1. The fourth-order valence-electron chi connectivity index (χ4n) is 1.76. The van der Waals surface area contributed by atoms with Crippen molar-refractivity contribution in [2.75, 3.05) is 13.1 Å². The predicted molar refractivity (Wildman–Crippen MR) is 72.2 cm³/mol. The second kappa shape index (κ2) is 5.98. The first-order valence-electron chi connectivity index (χ1n) is 6.18. The van der Waals surface area contributed by atoms with Crippen LogP contribution in [0.5, 0.6) is 0 Å². The minimum Gasteiger partial charge on any atom is -0.389 e. The Bertz CT molecular complexity index is 393. The average Bonchev–Trinajstić information content (AvgIpc) is 2.34. The Labute approximate surface area is 108 Å². The van der Waals surface area contributed by atoms with E-state index < -0.39 is 5.60 Å². The summed E-state index contributed by atoms with van der Waals surface area (Å²) in [5.74, 6) is -0.0665. The fraction of sp³-hybridized carbons (Fsp3) is 0.500. The van der Waals surface area contributed by atoms with E-state index in [2.05, 4.69) is 0 Å². The maximum Gasteiger partial charge on any atom is 0.253 e. The quantitative estimate of drug-likeness (QED) is 0.829. The van der Waals surface area contributed by atoms with Crippen LogP contribution >= 0.6 is 0 Å². The molecule has 0 spiro atoms. The van der Waals surface area contributed by atoms with E-state index in [9.17, 15) is 9.90 Å². The van der Waals surface area contributed by atoms with Crippen molar-refractivity contribution in [2.45, 2.75) is 32.9 Å². The number of hydrogen-bond donors (Lipinski definition) is 2. The lowest BCUT2D eigenvalue weighted by Crippen LogP contribution is -2.42. The molecule has 0 saturated carbocycles. The van der Waals surface area contributed by atoms with Crippen molar-refractivity contribution >= 4 is 5.91 Å². The third-order valence-electron chi connectivity index (χ3n) is 2.68. The summed E-state index contributed by atoms with van der Waals surface area (Å²) in [7, 11) is 0. The van der Waals surface area contributed by atoms with E-state index in [0.29, 0.717) is 25.2 Å². The van der Waals surface area contributed by atoms with E-state index in [-0.39, 0.29) is 5.91 Å². The molecule has 0 unspecified atom stereocenters. The number of hydrogen-bond acceptors (Lipinski definition) is 3.